The van der Waals surface area contributed by atoms with Crippen LogP contribution in [0.5, 0.6) is 11.5 Å². The van der Waals surface area contributed by atoms with E-state index in [1.54, 1.807) is 21.3 Å². The zero-order valence-electron chi connectivity index (χ0n) is 23.4. The zero-order valence-corrected chi connectivity index (χ0v) is 24.9. The predicted molar refractivity (Wildman–Crippen MR) is 169 cm³/mol. The Morgan fingerprint density at radius 2 is 1.20 bits per heavy atom. The third kappa shape index (κ3) is 4.63. The summed E-state index contributed by atoms with van der Waals surface area (Å²) < 4.78 is 18.0. The van der Waals surface area contributed by atoms with Gasteiger partial charge >= 0.3 is 0 Å². The number of rotatable bonds is 8. The molecule has 0 saturated heterocycles. The number of methoxy groups -OCH3 is 3. The van der Waals surface area contributed by atoms with Crippen molar-refractivity contribution in [3.8, 4) is 17.6 Å². The molecule has 0 fully saturated rings. The third-order valence-electron chi connectivity index (χ3n) is 7.48. The fraction of sp³-hybridized carbons (Fsp3) is 0.171. The van der Waals surface area contributed by atoms with Gasteiger partial charge in [0.1, 0.15) is 5.60 Å². The summed E-state index contributed by atoms with van der Waals surface area (Å²) in [6, 6.07) is 38.3. The minimum atomic E-state index is -1.55. The highest BCUT2D eigenvalue weighted by Crippen LogP contribution is 2.63. The van der Waals surface area contributed by atoms with Crippen LogP contribution in [0.15, 0.2) is 114 Å². The van der Waals surface area contributed by atoms with Gasteiger partial charge in [-0.2, -0.15) is 5.26 Å². The summed E-state index contributed by atoms with van der Waals surface area (Å²) in [4.78, 5) is -0.852. The maximum Gasteiger partial charge on any atom is 0.187 e. The van der Waals surface area contributed by atoms with Gasteiger partial charge in [-0.3, -0.25) is 0 Å². The van der Waals surface area contributed by atoms with Crippen molar-refractivity contribution in [1.82, 2.24) is 0 Å². The van der Waals surface area contributed by atoms with Crippen molar-refractivity contribution >= 4 is 40.1 Å². The van der Waals surface area contributed by atoms with E-state index in [9.17, 15) is 5.26 Å². The molecule has 0 saturated carbocycles. The average molecular weight is 580 g/mol. The summed E-state index contributed by atoms with van der Waals surface area (Å²) in [5.74, 6) is 1.12. The molecule has 0 aliphatic heterocycles. The number of benzene rings is 4. The van der Waals surface area contributed by atoms with Gasteiger partial charge in [-0.25, -0.2) is 0 Å². The van der Waals surface area contributed by atoms with Crippen LogP contribution in [0.1, 0.15) is 22.3 Å². The second-order valence-electron chi connectivity index (χ2n) is 9.48. The summed E-state index contributed by atoms with van der Waals surface area (Å²) in [6.45, 7) is 0. The maximum atomic E-state index is 11.0. The number of alkyl halides is 1. The fourth-order valence-corrected chi connectivity index (χ4v) is 7.20. The Morgan fingerprint density at radius 1 is 0.659 bits per heavy atom. The number of allylic oxidation sites excluding steroid dienone is 2. The SMILES string of the molecule is COc1ccc(C2=C(c3ccccc3)C(OC)(c3ccccc3)C(c3ccccc3)=C(SC)C2(Cl)C#N)cc1OC. The van der Waals surface area contributed by atoms with E-state index >= 15 is 0 Å². The lowest BCUT2D eigenvalue weighted by molar-refractivity contribution is 0.0894. The van der Waals surface area contributed by atoms with Gasteiger partial charge in [-0.15, -0.1) is 11.8 Å². The summed E-state index contributed by atoms with van der Waals surface area (Å²) >= 11 is 9.09. The largest absolute Gasteiger partial charge is 0.493 e. The number of nitrogens with zero attached hydrogens (tertiary/aromatic N) is 1. The van der Waals surface area contributed by atoms with Gasteiger partial charge in [0, 0.05) is 28.7 Å². The molecule has 41 heavy (non-hydrogen) atoms. The topological polar surface area (TPSA) is 51.5 Å². The summed E-state index contributed by atoms with van der Waals surface area (Å²) in [7, 11) is 4.91. The number of nitriles is 1. The Labute approximate surface area is 250 Å². The lowest BCUT2D eigenvalue weighted by Gasteiger charge is -2.47. The second kappa shape index (κ2) is 11.9. The molecule has 1 aliphatic carbocycles. The highest BCUT2D eigenvalue weighted by Gasteiger charge is 2.55. The van der Waals surface area contributed by atoms with Crippen molar-refractivity contribution in [3.05, 3.63) is 136 Å². The van der Waals surface area contributed by atoms with E-state index in [0.717, 1.165) is 33.4 Å². The molecule has 5 rings (SSSR count). The minimum Gasteiger partial charge on any atom is -0.493 e. The highest BCUT2D eigenvalue weighted by atomic mass is 35.5. The standard InChI is InChI=1S/C35H30ClNO3S/c1-38-28-21-20-26(22-29(28)39-2)30-31(24-14-8-5-9-15-24)35(40-3,27-18-12-7-13-19-27)32(25-16-10-6-11-17-25)33(41-4)34(30,36)23-37/h5-22H,1-4H3. The Hall–Kier alpha value is -3.95. The van der Waals surface area contributed by atoms with Crippen LogP contribution in [0.25, 0.3) is 16.7 Å². The van der Waals surface area contributed by atoms with Gasteiger partial charge in [-0.05, 0) is 40.6 Å². The van der Waals surface area contributed by atoms with Crippen molar-refractivity contribution in [2.24, 2.45) is 0 Å². The molecular formula is C35H30ClNO3S. The van der Waals surface area contributed by atoms with E-state index in [0.29, 0.717) is 22.0 Å². The number of thioether (sulfide) groups is 1. The first-order chi connectivity index (χ1) is 20.0. The molecule has 6 heteroatoms. The molecule has 2 unspecified atom stereocenters. The molecule has 1 aliphatic rings. The normalized spacial score (nSPS) is 20.5. The van der Waals surface area contributed by atoms with Gasteiger partial charge in [-0.1, -0.05) is 109 Å². The lowest BCUT2D eigenvalue weighted by atomic mass is 9.65. The number of ether oxygens (including phenoxy) is 3. The smallest absolute Gasteiger partial charge is 0.187 e. The average Bonchev–Trinajstić information content (AvgIpc) is 3.05. The molecule has 2 atom stereocenters. The first-order valence-electron chi connectivity index (χ1n) is 13.1. The Morgan fingerprint density at radius 3 is 1.68 bits per heavy atom. The molecular weight excluding hydrogens is 550 g/mol. The molecule has 0 N–H and O–H groups in total. The molecule has 4 aromatic carbocycles. The summed E-state index contributed by atoms with van der Waals surface area (Å²) in [6.07, 6.45) is 1.96. The van der Waals surface area contributed by atoms with Crippen molar-refractivity contribution < 1.29 is 14.2 Å². The first kappa shape index (κ1) is 28.6. The van der Waals surface area contributed by atoms with Gasteiger partial charge in [0.15, 0.2) is 16.4 Å². The lowest BCUT2D eigenvalue weighted by Crippen LogP contribution is -2.42. The van der Waals surface area contributed by atoms with Gasteiger partial charge < -0.3 is 14.2 Å². The van der Waals surface area contributed by atoms with E-state index in [2.05, 4.69) is 18.2 Å². The zero-order chi connectivity index (χ0) is 29.0. The van der Waals surface area contributed by atoms with E-state index in [1.165, 1.54) is 11.8 Å². The molecule has 4 nitrogen and oxygen atoms in total. The van der Waals surface area contributed by atoms with Crippen LogP contribution in [-0.4, -0.2) is 32.5 Å². The molecule has 206 valence electrons. The molecule has 0 amide bonds. The van der Waals surface area contributed by atoms with E-state index < -0.39 is 10.5 Å². The van der Waals surface area contributed by atoms with Crippen LogP contribution in [0, 0.1) is 11.3 Å². The predicted octanol–water partition coefficient (Wildman–Crippen LogP) is 8.45. The number of hydrogen-bond acceptors (Lipinski definition) is 5. The highest BCUT2D eigenvalue weighted by molar-refractivity contribution is 8.02. The maximum absolute atomic E-state index is 11.0. The fourth-order valence-electron chi connectivity index (χ4n) is 5.78. The van der Waals surface area contributed by atoms with Crippen molar-refractivity contribution in [3.63, 3.8) is 0 Å². The molecule has 0 spiro atoms. The van der Waals surface area contributed by atoms with Crippen LogP contribution in [0.3, 0.4) is 0 Å². The van der Waals surface area contributed by atoms with Crippen LogP contribution in [0.4, 0.5) is 0 Å². The Balaban J connectivity index is 2.06. The van der Waals surface area contributed by atoms with Crippen molar-refractivity contribution in [2.75, 3.05) is 27.6 Å². The molecule has 0 radical (unpaired) electrons. The van der Waals surface area contributed by atoms with E-state index in [1.807, 2.05) is 103 Å². The van der Waals surface area contributed by atoms with Crippen LogP contribution >= 0.6 is 23.4 Å². The quantitative estimate of drug-likeness (QED) is 0.196. The van der Waals surface area contributed by atoms with Crippen molar-refractivity contribution in [1.29, 1.82) is 5.26 Å². The Bertz CT molecular complexity index is 1650. The summed E-state index contributed by atoms with van der Waals surface area (Å²) in [5, 5.41) is 11.0. The Kier molecular flexibility index (Phi) is 8.28. The summed E-state index contributed by atoms with van der Waals surface area (Å²) in [5.41, 5.74) is 4.57. The molecule has 0 heterocycles. The van der Waals surface area contributed by atoms with Crippen LogP contribution in [0.2, 0.25) is 0 Å². The number of halogens is 1. The van der Waals surface area contributed by atoms with E-state index in [4.69, 9.17) is 25.8 Å². The van der Waals surface area contributed by atoms with Gasteiger partial charge in [0.05, 0.1) is 20.3 Å². The second-order valence-corrected chi connectivity index (χ2v) is 10.9. The first-order valence-corrected chi connectivity index (χ1v) is 14.7. The monoisotopic (exact) mass is 579 g/mol. The van der Waals surface area contributed by atoms with Gasteiger partial charge in [0.25, 0.3) is 0 Å². The van der Waals surface area contributed by atoms with Crippen LogP contribution in [-0.2, 0) is 10.3 Å². The van der Waals surface area contributed by atoms with E-state index in [-0.39, 0.29) is 0 Å². The number of hydrogen-bond donors (Lipinski definition) is 0. The third-order valence-corrected chi connectivity index (χ3v) is 8.97. The van der Waals surface area contributed by atoms with Gasteiger partial charge in [0.2, 0.25) is 0 Å². The minimum absolute atomic E-state index is 0.535. The molecule has 4 aromatic rings. The molecule has 0 bridgehead atoms. The molecule has 0 aromatic heterocycles. The van der Waals surface area contributed by atoms with Crippen LogP contribution < -0.4 is 9.47 Å². The van der Waals surface area contributed by atoms with Crippen molar-refractivity contribution in [2.45, 2.75) is 10.5 Å².